The number of benzene rings is 3. The molecule has 0 fully saturated rings. The molecule has 0 aromatic heterocycles. The third-order valence-electron chi connectivity index (χ3n) is 6.45. The molecule has 214 valence electrons. The Morgan fingerprint density at radius 2 is 1.62 bits per heavy atom. The molecule has 0 unspecified atom stereocenters. The molecule has 2 amide bonds. The van der Waals surface area contributed by atoms with Crippen LogP contribution in [0.4, 0.5) is 5.69 Å². The Kier molecular flexibility index (Phi) is 10.6. The van der Waals surface area contributed by atoms with Gasteiger partial charge >= 0.3 is 0 Å². The molecule has 0 aliphatic rings. The van der Waals surface area contributed by atoms with E-state index in [4.69, 9.17) is 9.47 Å². The maximum absolute atomic E-state index is 14.0. The third-order valence-corrected chi connectivity index (χ3v) is 8.23. The highest BCUT2D eigenvalue weighted by atomic mass is 32.2. The minimum atomic E-state index is -4.23. The van der Waals surface area contributed by atoms with E-state index >= 15 is 0 Å². The summed E-state index contributed by atoms with van der Waals surface area (Å²) in [5, 5.41) is 2.84. The van der Waals surface area contributed by atoms with E-state index in [-0.39, 0.29) is 28.8 Å². The minimum Gasteiger partial charge on any atom is -0.497 e. The van der Waals surface area contributed by atoms with Gasteiger partial charge in [-0.1, -0.05) is 55.0 Å². The predicted molar refractivity (Wildman–Crippen MR) is 155 cm³/mol. The van der Waals surface area contributed by atoms with E-state index in [0.717, 1.165) is 21.9 Å². The molecule has 3 rings (SSSR count). The van der Waals surface area contributed by atoms with Crippen LogP contribution in [0.2, 0.25) is 0 Å². The number of rotatable bonds is 13. The largest absolute Gasteiger partial charge is 0.497 e. The molecule has 3 aromatic rings. The van der Waals surface area contributed by atoms with Crippen molar-refractivity contribution in [1.82, 2.24) is 10.2 Å². The van der Waals surface area contributed by atoms with Crippen LogP contribution in [0.25, 0.3) is 0 Å². The summed E-state index contributed by atoms with van der Waals surface area (Å²) in [4.78, 5) is 28.4. The number of carbonyl (C=O) groups excluding carboxylic acids is 2. The van der Waals surface area contributed by atoms with E-state index < -0.39 is 28.5 Å². The lowest BCUT2D eigenvalue weighted by Gasteiger charge is -2.32. The molecule has 1 N–H and O–H groups in total. The highest BCUT2D eigenvalue weighted by Gasteiger charge is 2.34. The lowest BCUT2D eigenvalue weighted by atomic mass is 10.1. The fraction of sp³-hybridized carbons (Fsp3) is 0.333. The molecule has 1 atom stereocenters. The number of carbonyl (C=O) groups is 2. The Bertz CT molecular complexity index is 1390. The quantitative estimate of drug-likeness (QED) is 0.333. The number of hydrogen-bond acceptors (Lipinski definition) is 6. The number of methoxy groups -OCH3 is 2. The van der Waals surface area contributed by atoms with Gasteiger partial charge < -0.3 is 19.7 Å². The predicted octanol–water partition coefficient (Wildman–Crippen LogP) is 4.15. The van der Waals surface area contributed by atoms with Crippen LogP contribution < -0.4 is 19.1 Å². The zero-order valence-electron chi connectivity index (χ0n) is 23.6. The van der Waals surface area contributed by atoms with Crippen molar-refractivity contribution < 1.29 is 27.5 Å². The van der Waals surface area contributed by atoms with E-state index in [1.165, 1.54) is 37.3 Å². The Morgan fingerprint density at radius 1 is 0.950 bits per heavy atom. The minimum absolute atomic E-state index is 0.00601. The van der Waals surface area contributed by atoms with Gasteiger partial charge in [0.2, 0.25) is 11.8 Å². The average Bonchev–Trinajstić information content (AvgIpc) is 2.97. The van der Waals surface area contributed by atoms with Gasteiger partial charge in [0.15, 0.2) is 0 Å². The zero-order chi connectivity index (χ0) is 29.3. The highest BCUT2D eigenvalue weighted by molar-refractivity contribution is 7.92. The molecule has 9 nitrogen and oxygen atoms in total. The monoisotopic (exact) mass is 567 g/mol. The zero-order valence-corrected chi connectivity index (χ0v) is 24.4. The van der Waals surface area contributed by atoms with Gasteiger partial charge in [-0.3, -0.25) is 13.9 Å². The molecule has 40 heavy (non-hydrogen) atoms. The van der Waals surface area contributed by atoms with Crippen LogP contribution in [0.5, 0.6) is 11.5 Å². The van der Waals surface area contributed by atoms with Crippen LogP contribution in [-0.2, 0) is 26.2 Å². The van der Waals surface area contributed by atoms with Crippen molar-refractivity contribution in [1.29, 1.82) is 0 Å². The van der Waals surface area contributed by atoms with Crippen molar-refractivity contribution >= 4 is 27.5 Å². The molecule has 0 bridgehead atoms. The van der Waals surface area contributed by atoms with Gasteiger partial charge in [-0.15, -0.1) is 0 Å². The molecule has 0 aliphatic carbocycles. The van der Waals surface area contributed by atoms with Gasteiger partial charge in [-0.2, -0.15) is 0 Å². The Balaban J connectivity index is 2.09. The SMILES string of the molecule is CCCNC(=O)[C@H](C)N(Cc1ccc(C)cc1)C(=O)CN(c1cc(OC)ccc1OC)S(=O)(=O)c1ccccc1. The summed E-state index contributed by atoms with van der Waals surface area (Å²) in [6, 6.07) is 19.3. The second-order valence-electron chi connectivity index (χ2n) is 9.34. The second-order valence-corrected chi connectivity index (χ2v) is 11.2. The molecule has 0 saturated heterocycles. The number of sulfonamides is 1. The van der Waals surface area contributed by atoms with E-state index in [2.05, 4.69) is 5.32 Å². The van der Waals surface area contributed by atoms with Crippen LogP contribution in [0.1, 0.15) is 31.4 Å². The number of nitrogens with zero attached hydrogens (tertiary/aromatic N) is 2. The summed E-state index contributed by atoms with van der Waals surface area (Å²) in [6.07, 6.45) is 0.739. The molecule has 0 heterocycles. The van der Waals surface area contributed by atoms with Crippen molar-refractivity contribution in [2.24, 2.45) is 0 Å². The van der Waals surface area contributed by atoms with Crippen molar-refractivity contribution in [2.45, 2.75) is 44.7 Å². The van der Waals surface area contributed by atoms with Gasteiger partial charge in [0.1, 0.15) is 24.1 Å². The second kappa shape index (κ2) is 13.8. The number of anilines is 1. The molecular weight excluding hydrogens is 530 g/mol. The first kappa shape index (κ1) is 30.5. The van der Waals surface area contributed by atoms with Crippen molar-refractivity contribution in [3.63, 3.8) is 0 Å². The maximum Gasteiger partial charge on any atom is 0.264 e. The lowest BCUT2D eigenvalue weighted by Crippen LogP contribution is -2.51. The van der Waals surface area contributed by atoms with E-state index in [1.54, 1.807) is 37.3 Å². The normalized spacial score (nSPS) is 11.8. The summed E-state index contributed by atoms with van der Waals surface area (Å²) >= 11 is 0. The summed E-state index contributed by atoms with van der Waals surface area (Å²) in [5.41, 5.74) is 2.00. The molecule has 0 spiro atoms. The first-order valence-electron chi connectivity index (χ1n) is 13.0. The molecule has 0 saturated carbocycles. The molecule has 0 aliphatic heterocycles. The Hall–Kier alpha value is -4.05. The van der Waals surface area contributed by atoms with Gasteiger partial charge in [0, 0.05) is 19.2 Å². The van der Waals surface area contributed by atoms with Gasteiger partial charge in [-0.25, -0.2) is 8.42 Å². The van der Waals surface area contributed by atoms with Crippen LogP contribution in [-0.4, -0.2) is 58.5 Å². The Morgan fingerprint density at radius 3 is 2.23 bits per heavy atom. The first-order chi connectivity index (χ1) is 19.1. The third kappa shape index (κ3) is 7.32. The number of hydrogen-bond donors (Lipinski definition) is 1. The number of ether oxygens (including phenoxy) is 2. The number of amides is 2. The van der Waals surface area contributed by atoms with E-state index in [9.17, 15) is 18.0 Å². The van der Waals surface area contributed by atoms with Crippen molar-refractivity contribution in [3.8, 4) is 11.5 Å². The first-order valence-corrected chi connectivity index (χ1v) is 14.5. The summed E-state index contributed by atoms with van der Waals surface area (Å²) in [7, 11) is -1.34. The molecule has 10 heteroatoms. The van der Waals surface area contributed by atoms with Crippen molar-refractivity contribution in [3.05, 3.63) is 83.9 Å². The lowest BCUT2D eigenvalue weighted by molar-refractivity contribution is -0.139. The van der Waals surface area contributed by atoms with Crippen LogP contribution in [0.15, 0.2) is 77.7 Å². The smallest absolute Gasteiger partial charge is 0.264 e. The summed E-state index contributed by atoms with van der Waals surface area (Å²) in [5.74, 6) is -0.241. The van der Waals surface area contributed by atoms with Gasteiger partial charge in [0.05, 0.1) is 24.8 Å². The summed E-state index contributed by atoms with van der Waals surface area (Å²) < 4.78 is 39.8. The van der Waals surface area contributed by atoms with Gasteiger partial charge in [0.25, 0.3) is 10.0 Å². The number of aryl methyl sites for hydroxylation is 1. The fourth-order valence-electron chi connectivity index (χ4n) is 4.09. The highest BCUT2D eigenvalue weighted by Crippen LogP contribution is 2.36. The average molecular weight is 568 g/mol. The van der Waals surface area contributed by atoms with Crippen molar-refractivity contribution in [2.75, 3.05) is 31.6 Å². The fourth-order valence-corrected chi connectivity index (χ4v) is 5.53. The topological polar surface area (TPSA) is 105 Å². The Labute approximate surface area is 236 Å². The standard InChI is InChI=1S/C30H37N3O6S/c1-6-18-31-30(35)23(3)32(20-24-14-12-22(2)13-15-24)29(34)21-33(40(36,37)26-10-8-7-9-11-26)27-19-25(38-4)16-17-28(27)39-5/h7-17,19,23H,6,18,20-21H2,1-5H3,(H,31,35)/t23-/m0/s1. The summed E-state index contributed by atoms with van der Waals surface area (Å²) in [6.45, 7) is 5.55. The molecule has 0 radical (unpaired) electrons. The molecular formula is C30H37N3O6S. The molecule has 3 aromatic carbocycles. The van der Waals surface area contributed by atoms with E-state index in [1.807, 2.05) is 38.1 Å². The van der Waals surface area contributed by atoms with Crippen LogP contribution in [0, 0.1) is 6.92 Å². The maximum atomic E-state index is 14.0. The number of nitrogens with one attached hydrogen (secondary N) is 1. The van der Waals surface area contributed by atoms with Crippen LogP contribution >= 0.6 is 0 Å². The van der Waals surface area contributed by atoms with Crippen LogP contribution in [0.3, 0.4) is 0 Å². The van der Waals surface area contributed by atoms with E-state index in [0.29, 0.717) is 12.3 Å². The van der Waals surface area contributed by atoms with Gasteiger partial charge in [-0.05, 0) is 50.1 Å².